The predicted molar refractivity (Wildman–Crippen MR) is 67.2 cm³/mol. The molecule has 0 heterocycles. The average molecular weight is 369 g/mol. The number of halogens is 2. The molecule has 0 spiro atoms. The van der Waals surface area contributed by atoms with Gasteiger partial charge < -0.3 is 4.74 Å². The minimum atomic E-state index is -0.186. The fourth-order valence-electron chi connectivity index (χ4n) is 1.03. The first-order chi connectivity index (χ1) is 6.63. The van der Waals surface area contributed by atoms with Crippen molar-refractivity contribution in [2.75, 3.05) is 6.61 Å². The van der Waals surface area contributed by atoms with Gasteiger partial charge in [0.25, 0.3) is 0 Å². The molecule has 1 aromatic rings. The molecule has 0 unspecified atom stereocenters. The molecule has 0 aliphatic carbocycles. The average Bonchev–Trinajstić information content (AvgIpc) is 2.10. The normalized spacial score (nSPS) is 9.93. The van der Waals surface area contributed by atoms with Crippen LogP contribution < -0.4 is 0 Å². The molecule has 0 atom stereocenters. The second-order valence-corrected chi connectivity index (χ2v) is 4.82. The van der Waals surface area contributed by atoms with Gasteiger partial charge in [0.2, 0.25) is 0 Å². The Kier molecular flexibility index (Phi) is 4.88. The van der Waals surface area contributed by atoms with Gasteiger partial charge in [-0.25, -0.2) is 0 Å². The van der Waals surface area contributed by atoms with Crippen LogP contribution in [-0.2, 0) is 16.0 Å². The molecule has 1 rings (SSSR count). The number of carbonyl (C=O) groups excluding carboxylic acids is 1. The molecule has 0 aliphatic rings. The Hall–Kier alpha value is -0.100. The summed E-state index contributed by atoms with van der Waals surface area (Å²) in [6.07, 6.45) is 0.325. The van der Waals surface area contributed by atoms with Crippen molar-refractivity contribution in [2.45, 2.75) is 13.3 Å². The fourth-order valence-corrected chi connectivity index (χ4v) is 2.47. The Morgan fingerprint density at radius 3 is 2.86 bits per heavy atom. The second kappa shape index (κ2) is 5.70. The number of benzene rings is 1. The monoisotopic (exact) mass is 368 g/mol. The fraction of sp³-hybridized carbons (Fsp3) is 0.300. The van der Waals surface area contributed by atoms with Crippen molar-refractivity contribution in [3.8, 4) is 0 Å². The van der Waals surface area contributed by atoms with E-state index < -0.39 is 0 Å². The highest BCUT2D eigenvalue weighted by Crippen LogP contribution is 2.20. The Balaban J connectivity index is 2.72. The summed E-state index contributed by atoms with van der Waals surface area (Å²) in [6.45, 7) is 2.24. The van der Waals surface area contributed by atoms with Gasteiger partial charge in [0, 0.05) is 8.04 Å². The third kappa shape index (κ3) is 3.57. The summed E-state index contributed by atoms with van der Waals surface area (Å²) in [6, 6.07) is 5.89. The van der Waals surface area contributed by atoms with E-state index in [0.717, 1.165) is 13.6 Å². The zero-order valence-electron chi connectivity index (χ0n) is 7.72. The molecule has 14 heavy (non-hydrogen) atoms. The second-order valence-electron chi connectivity index (χ2n) is 2.72. The Morgan fingerprint density at radius 1 is 1.57 bits per heavy atom. The molecule has 0 saturated heterocycles. The quantitative estimate of drug-likeness (QED) is 0.605. The molecular formula is C10H10BrIO2. The van der Waals surface area contributed by atoms with Gasteiger partial charge in [0.05, 0.1) is 13.0 Å². The Bertz CT molecular complexity index is 339. The highest BCUT2D eigenvalue weighted by molar-refractivity contribution is 14.1. The molecule has 0 amide bonds. The van der Waals surface area contributed by atoms with Crippen molar-refractivity contribution in [3.05, 3.63) is 31.8 Å². The molecule has 0 bridgehead atoms. The minimum Gasteiger partial charge on any atom is -0.466 e. The third-order valence-electron chi connectivity index (χ3n) is 1.66. The van der Waals surface area contributed by atoms with Crippen LogP contribution in [0.15, 0.2) is 22.7 Å². The van der Waals surface area contributed by atoms with Crippen LogP contribution in [0.1, 0.15) is 12.5 Å². The number of rotatable bonds is 3. The highest BCUT2D eigenvalue weighted by atomic mass is 127. The van der Waals surface area contributed by atoms with E-state index in [2.05, 4.69) is 38.5 Å². The van der Waals surface area contributed by atoms with E-state index in [9.17, 15) is 4.79 Å². The van der Waals surface area contributed by atoms with E-state index in [0.29, 0.717) is 13.0 Å². The lowest BCUT2D eigenvalue weighted by atomic mass is 10.2. The van der Waals surface area contributed by atoms with E-state index in [1.165, 1.54) is 0 Å². The van der Waals surface area contributed by atoms with Crippen LogP contribution in [0.2, 0.25) is 0 Å². The molecule has 4 heteroatoms. The first-order valence-electron chi connectivity index (χ1n) is 4.23. The lowest BCUT2D eigenvalue weighted by Gasteiger charge is -2.04. The lowest BCUT2D eigenvalue weighted by Crippen LogP contribution is -2.07. The first-order valence-corrected chi connectivity index (χ1v) is 6.10. The molecule has 1 aromatic carbocycles. The Labute approximate surface area is 105 Å². The van der Waals surface area contributed by atoms with E-state index in [1.54, 1.807) is 6.92 Å². The van der Waals surface area contributed by atoms with Gasteiger partial charge in [-0.3, -0.25) is 4.79 Å². The summed E-state index contributed by atoms with van der Waals surface area (Å²) in [7, 11) is 0. The topological polar surface area (TPSA) is 26.3 Å². The zero-order valence-corrected chi connectivity index (χ0v) is 11.5. The van der Waals surface area contributed by atoms with Crippen LogP contribution in [0.25, 0.3) is 0 Å². The minimum absolute atomic E-state index is 0.186. The van der Waals surface area contributed by atoms with E-state index in [4.69, 9.17) is 4.74 Å². The molecule has 0 fully saturated rings. The molecule has 76 valence electrons. The molecule has 0 aliphatic heterocycles. The van der Waals surface area contributed by atoms with Crippen LogP contribution in [-0.4, -0.2) is 12.6 Å². The van der Waals surface area contributed by atoms with Crippen LogP contribution in [0.5, 0.6) is 0 Å². The zero-order chi connectivity index (χ0) is 10.6. The molecule has 0 aromatic heterocycles. The van der Waals surface area contributed by atoms with Gasteiger partial charge in [-0.05, 0) is 47.2 Å². The predicted octanol–water partition coefficient (Wildman–Crippen LogP) is 3.16. The number of esters is 1. The summed E-state index contributed by atoms with van der Waals surface area (Å²) in [4.78, 5) is 11.2. The highest BCUT2D eigenvalue weighted by Gasteiger charge is 2.07. The van der Waals surface area contributed by atoms with Crippen LogP contribution in [0, 0.1) is 3.57 Å². The maximum absolute atomic E-state index is 11.2. The molecule has 0 radical (unpaired) electrons. The van der Waals surface area contributed by atoms with Crippen molar-refractivity contribution in [1.29, 1.82) is 0 Å². The largest absolute Gasteiger partial charge is 0.466 e. The van der Waals surface area contributed by atoms with Crippen LogP contribution in [0.3, 0.4) is 0 Å². The number of carbonyl (C=O) groups is 1. The van der Waals surface area contributed by atoms with E-state index in [1.807, 2.05) is 18.2 Å². The lowest BCUT2D eigenvalue weighted by molar-refractivity contribution is -0.142. The molecule has 0 saturated carbocycles. The standard InChI is InChI=1S/C10H10BrIO2/c1-2-14-10(13)5-7-3-4-8(12)6-9(7)11/h3-4,6H,2,5H2,1H3. The summed E-state index contributed by atoms with van der Waals surface area (Å²) < 4.78 is 6.97. The maximum Gasteiger partial charge on any atom is 0.310 e. The van der Waals surface area contributed by atoms with Crippen molar-refractivity contribution in [2.24, 2.45) is 0 Å². The summed E-state index contributed by atoms with van der Waals surface area (Å²) in [5.74, 6) is -0.186. The number of hydrogen-bond donors (Lipinski definition) is 0. The van der Waals surface area contributed by atoms with Gasteiger partial charge in [0.1, 0.15) is 0 Å². The Morgan fingerprint density at radius 2 is 2.29 bits per heavy atom. The third-order valence-corrected chi connectivity index (χ3v) is 3.06. The SMILES string of the molecule is CCOC(=O)Cc1ccc(I)cc1Br. The van der Waals surface area contributed by atoms with Crippen LogP contribution >= 0.6 is 38.5 Å². The van der Waals surface area contributed by atoms with Gasteiger partial charge in [0.15, 0.2) is 0 Å². The van der Waals surface area contributed by atoms with Gasteiger partial charge in [-0.2, -0.15) is 0 Å². The van der Waals surface area contributed by atoms with Crippen molar-refractivity contribution < 1.29 is 9.53 Å². The van der Waals surface area contributed by atoms with Gasteiger partial charge in [-0.1, -0.05) is 22.0 Å². The smallest absolute Gasteiger partial charge is 0.310 e. The van der Waals surface area contributed by atoms with E-state index >= 15 is 0 Å². The van der Waals surface area contributed by atoms with Crippen molar-refractivity contribution in [3.63, 3.8) is 0 Å². The van der Waals surface area contributed by atoms with Crippen molar-refractivity contribution >= 4 is 44.5 Å². The van der Waals surface area contributed by atoms with Crippen LogP contribution in [0.4, 0.5) is 0 Å². The summed E-state index contributed by atoms with van der Waals surface area (Å²) in [5, 5.41) is 0. The summed E-state index contributed by atoms with van der Waals surface area (Å²) in [5.41, 5.74) is 0.962. The molecule has 0 N–H and O–H groups in total. The van der Waals surface area contributed by atoms with Gasteiger partial charge >= 0.3 is 5.97 Å². The first kappa shape index (κ1) is 12.0. The molecular weight excluding hydrogens is 359 g/mol. The van der Waals surface area contributed by atoms with Crippen molar-refractivity contribution in [1.82, 2.24) is 0 Å². The summed E-state index contributed by atoms with van der Waals surface area (Å²) >= 11 is 5.64. The van der Waals surface area contributed by atoms with Gasteiger partial charge in [-0.15, -0.1) is 0 Å². The number of ether oxygens (including phenoxy) is 1. The number of hydrogen-bond acceptors (Lipinski definition) is 2. The van der Waals surface area contributed by atoms with E-state index in [-0.39, 0.29) is 5.97 Å². The molecule has 2 nitrogen and oxygen atoms in total. The maximum atomic E-state index is 11.2.